The molecule has 5 nitrogen and oxygen atoms in total. The number of thiazole rings is 1. The number of aromatic amines is 2. The maximum Gasteiger partial charge on any atom is 0.417 e. The van der Waals surface area contributed by atoms with Crippen LogP contribution in [0.4, 0.5) is 0 Å². The van der Waals surface area contributed by atoms with E-state index in [4.69, 9.17) is 4.42 Å². The lowest BCUT2D eigenvalue weighted by Gasteiger charge is -1.98. The van der Waals surface area contributed by atoms with E-state index in [2.05, 4.69) is 9.97 Å². The Morgan fingerprint density at radius 2 is 2.06 bits per heavy atom. The van der Waals surface area contributed by atoms with Crippen molar-refractivity contribution in [2.75, 3.05) is 0 Å². The molecule has 0 saturated heterocycles. The summed E-state index contributed by atoms with van der Waals surface area (Å²) in [6.45, 7) is 1.87. The van der Waals surface area contributed by atoms with Gasteiger partial charge in [0.25, 0.3) is 0 Å². The van der Waals surface area contributed by atoms with Crippen molar-refractivity contribution in [1.82, 2.24) is 9.97 Å². The van der Waals surface area contributed by atoms with Crippen molar-refractivity contribution < 1.29 is 4.42 Å². The van der Waals surface area contributed by atoms with Crippen LogP contribution in [0.15, 0.2) is 32.2 Å². The van der Waals surface area contributed by atoms with E-state index < -0.39 is 5.76 Å². The Balaban J connectivity index is 2.27. The van der Waals surface area contributed by atoms with E-state index in [-0.39, 0.29) is 4.87 Å². The van der Waals surface area contributed by atoms with Crippen molar-refractivity contribution in [3.05, 3.63) is 43.3 Å². The number of nitrogens with one attached hydrogen (secondary N) is 2. The van der Waals surface area contributed by atoms with Crippen molar-refractivity contribution in [3.8, 4) is 11.3 Å². The normalized spacial score (nSPS) is 11.1. The number of oxazole rings is 1. The number of hydrogen-bond donors (Lipinski definition) is 2. The van der Waals surface area contributed by atoms with Crippen LogP contribution >= 0.6 is 11.3 Å². The number of benzene rings is 1. The van der Waals surface area contributed by atoms with E-state index in [0.29, 0.717) is 11.1 Å². The number of H-pyrrole nitrogens is 2. The quantitative estimate of drug-likeness (QED) is 0.689. The smallest absolute Gasteiger partial charge is 0.408 e. The van der Waals surface area contributed by atoms with Gasteiger partial charge in [0.05, 0.1) is 11.2 Å². The van der Waals surface area contributed by atoms with E-state index in [1.165, 1.54) is 0 Å². The van der Waals surface area contributed by atoms with Gasteiger partial charge in [0.2, 0.25) is 0 Å². The number of hydrogen-bond acceptors (Lipinski definition) is 4. The third kappa shape index (κ3) is 1.62. The topological polar surface area (TPSA) is 78.9 Å². The molecule has 2 aromatic heterocycles. The van der Waals surface area contributed by atoms with E-state index in [0.717, 1.165) is 27.5 Å². The minimum atomic E-state index is -0.479. The van der Waals surface area contributed by atoms with Crippen LogP contribution in [-0.4, -0.2) is 9.97 Å². The number of aromatic nitrogens is 2. The van der Waals surface area contributed by atoms with Crippen molar-refractivity contribution in [2.24, 2.45) is 0 Å². The third-order valence-corrected chi connectivity index (χ3v) is 3.33. The van der Waals surface area contributed by atoms with Crippen LogP contribution < -0.4 is 10.6 Å². The molecule has 0 unspecified atom stereocenters. The molecule has 0 amide bonds. The van der Waals surface area contributed by atoms with Gasteiger partial charge in [-0.3, -0.25) is 9.78 Å². The van der Waals surface area contributed by atoms with Crippen molar-refractivity contribution in [1.29, 1.82) is 0 Å². The summed E-state index contributed by atoms with van der Waals surface area (Å²) in [4.78, 5) is 28.4. The van der Waals surface area contributed by atoms with Crippen molar-refractivity contribution in [2.45, 2.75) is 6.92 Å². The fraction of sp³-hybridized carbons (Fsp3) is 0.0909. The van der Waals surface area contributed by atoms with E-state index in [1.54, 1.807) is 12.1 Å². The largest absolute Gasteiger partial charge is 0.417 e. The number of aryl methyl sites for hydroxylation is 1. The van der Waals surface area contributed by atoms with Crippen LogP contribution in [0.1, 0.15) is 4.88 Å². The summed E-state index contributed by atoms with van der Waals surface area (Å²) in [6, 6.07) is 5.32. The second kappa shape index (κ2) is 3.46. The summed E-state index contributed by atoms with van der Waals surface area (Å²) in [7, 11) is 0. The molecule has 3 rings (SSSR count). The standard InChI is InChI=1S/C11H8N2O3S/c1-5-9(13-11(15)17-5)6-2-3-7-8(4-6)16-10(14)12-7/h2-4H,1H3,(H,12,14)(H,13,15). The average Bonchev–Trinajstić information content (AvgIpc) is 2.78. The molecule has 86 valence electrons. The van der Waals surface area contributed by atoms with Gasteiger partial charge < -0.3 is 9.40 Å². The SMILES string of the molecule is Cc1sc(=O)[nH]c1-c1ccc2[nH]c(=O)oc2c1. The van der Waals surface area contributed by atoms with Gasteiger partial charge >= 0.3 is 10.6 Å². The van der Waals surface area contributed by atoms with Crippen LogP contribution in [0, 0.1) is 6.92 Å². The van der Waals surface area contributed by atoms with Gasteiger partial charge in [-0.15, -0.1) is 0 Å². The first-order valence-electron chi connectivity index (χ1n) is 4.96. The van der Waals surface area contributed by atoms with Crippen LogP contribution in [0.25, 0.3) is 22.4 Å². The zero-order valence-electron chi connectivity index (χ0n) is 8.87. The first kappa shape index (κ1) is 10.1. The molecule has 0 radical (unpaired) electrons. The van der Waals surface area contributed by atoms with Gasteiger partial charge in [-0.2, -0.15) is 0 Å². The minimum absolute atomic E-state index is 0.0897. The molecule has 0 aliphatic carbocycles. The first-order valence-corrected chi connectivity index (χ1v) is 5.78. The molecule has 0 aliphatic heterocycles. The summed E-state index contributed by atoms with van der Waals surface area (Å²) in [6.07, 6.45) is 0. The van der Waals surface area contributed by atoms with E-state index in [9.17, 15) is 9.59 Å². The van der Waals surface area contributed by atoms with Gasteiger partial charge in [-0.1, -0.05) is 17.4 Å². The van der Waals surface area contributed by atoms with E-state index >= 15 is 0 Å². The monoisotopic (exact) mass is 248 g/mol. The lowest BCUT2D eigenvalue weighted by molar-refractivity contribution is 0.555. The molecule has 6 heteroatoms. The average molecular weight is 248 g/mol. The van der Waals surface area contributed by atoms with Crippen molar-refractivity contribution in [3.63, 3.8) is 0 Å². The van der Waals surface area contributed by atoms with E-state index in [1.807, 2.05) is 13.0 Å². The summed E-state index contributed by atoms with van der Waals surface area (Å²) >= 11 is 1.16. The highest BCUT2D eigenvalue weighted by Gasteiger charge is 2.08. The van der Waals surface area contributed by atoms with Gasteiger partial charge in [0, 0.05) is 10.4 Å². The highest BCUT2D eigenvalue weighted by atomic mass is 32.1. The summed E-state index contributed by atoms with van der Waals surface area (Å²) < 4.78 is 4.98. The Morgan fingerprint density at radius 1 is 1.24 bits per heavy atom. The molecule has 2 heterocycles. The molecule has 0 saturated carbocycles. The fourth-order valence-corrected chi connectivity index (χ4v) is 2.48. The minimum Gasteiger partial charge on any atom is -0.408 e. The Kier molecular flexibility index (Phi) is 2.05. The third-order valence-electron chi connectivity index (χ3n) is 2.53. The summed E-state index contributed by atoms with van der Waals surface area (Å²) in [5.41, 5.74) is 2.73. The Bertz CT molecular complexity index is 806. The van der Waals surface area contributed by atoms with Crippen LogP contribution in [0.5, 0.6) is 0 Å². The second-order valence-corrected chi connectivity index (χ2v) is 4.86. The summed E-state index contributed by atoms with van der Waals surface area (Å²) in [5, 5.41) is 0. The molecule has 0 fully saturated rings. The Morgan fingerprint density at radius 3 is 2.76 bits per heavy atom. The predicted molar refractivity (Wildman–Crippen MR) is 65.5 cm³/mol. The second-order valence-electron chi connectivity index (χ2n) is 3.67. The number of rotatable bonds is 1. The first-order chi connectivity index (χ1) is 8.13. The predicted octanol–water partition coefficient (Wildman–Crippen LogP) is 1.85. The summed E-state index contributed by atoms with van der Waals surface area (Å²) in [5.74, 6) is -0.479. The van der Waals surface area contributed by atoms with Gasteiger partial charge in [-0.25, -0.2) is 4.79 Å². The maximum absolute atomic E-state index is 11.2. The molecular weight excluding hydrogens is 240 g/mol. The zero-order chi connectivity index (χ0) is 12.0. The molecule has 0 bridgehead atoms. The molecular formula is C11H8N2O3S. The molecule has 0 spiro atoms. The Hall–Kier alpha value is -2.08. The van der Waals surface area contributed by atoms with Crippen LogP contribution in [0.2, 0.25) is 0 Å². The highest BCUT2D eigenvalue weighted by Crippen LogP contribution is 2.25. The fourth-order valence-electron chi connectivity index (χ4n) is 1.78. The highest BCUT2D eigenvalue weighted by molar-refractivity contribution is 7.09. The molecule has 2 N–H and O–H groups in total. The molecule has 0 aliphatic rings. The van der Waals surface area contributed by atoms with Crippen LogP contribution in [0.3, 0.4) is 0 Å². The molecule has 17 heavy (non-hydrogen) atoms. The molecule has 0 atom stereocenters. The molecule has 1 aromatic carbocycles. The Labute approximate surface area is 98.7 Å². The van der Waals surface area contributed by atoms with Gasteiger partial charge in [-0.05, 0) is 19.1 Å². The lowest BCUT2D eigenvalue weighted by Crippen LogP contribution is -1.92. The molecule has 3 aromatic rings. The van der Waals surface area contributed by atoms with Crippen molar-refractivity contribution >= 4 is 22.4 Å². The lowest BCUT2D eigenvalue weighted by atomic mass is 10.1. The maximum atomic E-state index is 11.2. The van der Waals surface area contributed by atoms with Crippen LogP contribution in [-0.2, 0) is 0 Å². The number of fused-ring (bicyclic) bond motifs is 1. The zero-order valence-corrected chi connectivity index (χ0v) is 9.68. The van der Waals surface area contributed by atoms with Gasteiger partial charge in [0.1, 0.15) is 0 Å². The van der Waals surface area contributed by atoms with Gasteiger partial charge in [0.15, 0.2) is 5.58 Å².